The Labute approximate surface area is 139 Å². The van der Waals surface area contributed by atoms with Gasteiger partial charge in [-0.2, -0.15) is 5.26 Å². The lowest BCUT2D eigenvalue weighted by atomic mass is 9.93. The summed E-state index contributed by atoms with van der Waals surface area (Å²) >= 11 is 0. The first kappa shape index (κ1) is 15.5. The summed E-state index contributed by atoms with van der Waals surface area (Å²) in [5.41, 5.74) is 7.10. The van der Waals surface area contributed by atoms with Gasteiger partial charge >= 0.3 is 0 Å². The van der Waals surface area contributed by atoms with E-state index in [4.69, 9.17) is 5.73 Å². The van der Waals surface area contributed by atoms with Gasteiger partial charge in [-0.1, -0.05) is 48.5 Å². The largest absolute Gasteiger partial charge is 0.384 e. The molecule has 5 heteroatoms. The molecule has 1 atom stereocenters. The van der Waals surface area contributed by atoms with Crippen molar-refractivity contribution in [1.82, 2.24) is 4.90 Å². The van der Waals surface area contributed by atoms with Gasteiger partial charge in [-0.3, -0.25) is 14.5 Å². The highest BCUT2D eigenvalue weighted by Gasteiger charge is 2.38. The summed E-state index contributed by atoms with van der Waals surface area (Å²) in [4.78, 5) is 26.6. The van der Waals surface area contributed by atoms with Crippen molar-refractivity contribution >= 4 is 11.7 Å². The predicted octanol–water partition coefficient (Wildman–Crippen LogP) is 2.34. The van der Waals surface area contributed by atoms with Crippen LogP contribution in [0, 0.1) is 17.2 Å². The first-order valence-electron chi connectivity index (χ1n) is 7.49. The number of nitrogens with two attached hydrogens (primary N) is 1. The van der Waals surface area contributed by atoms with Gasteiger partial charge < -0.3 is 5.73 Å². The third-order valence-electron chi connectivity index (χ3n) is 4.04. The van der Waals surface area contributed by atoms with Gasteiger partial charge in [-0.25, -0.2) is 0 Å². The highest BCUT2D eigenvalue weighted by atomic mass is 16.2. The topological polar surface area (TPSA) is 87.2 Å². The van der Waals surface area contributed by atoms with Crippen LogP contribution in [0.3, 0.4) is 0 Å². The van der Waals surface area contributed by atoms with Crippen molar-refractivity contribution in [1.29, 1.82) is 5.26 Å². The number of nitriles is 1. The molecule has 0 spiro atoms. The SMILES string of the molecule is N#CC1=C(N)N(C(=O)c2ccccc2)CC1C(=O)c1ccccc1. The van der Waals surface area contributed by atoms with E-state index in [1.807, 2.05) is 18.2 Å². The second-order valence-electron chi connectivity index (χ2n) is 5.48. The molecule has 5 nitrogen and oxygen atoms in total. The Morgan fingerprint density at radius 1 is 1.00 bits per heavy atom. The smallest absolute Gasteiger partial charge is 0.259 e. The lowest BCUT2D eigenvalue weighted by Gasteiger charge is -2.18. The molecule has 1 aliphatic heterocycles. The van der Waals surface area contributed by atoms with Crippen molar-refractivity contribution in [3.05, 3.63) is 83.2 Å². The number of hydrogen-bond donors (Lipinski definition) is 1. The number of nitrogens with zero attached hydrogens (tertiary/aromatic N) is 2. The van der Waals surface area contributed by atoms with Gasteiger partial charge in [0.2, 0.25) is 0 Å². The number of carbonyl (C=O) groups is 2. The van der Waals surface area contributed by atoms with E-state index in [1.54, 1.807) is 48.5 Å². The summed E-state index contributed by atoms with van der Waals surface area (Å²) < 4.78 is 0. The van der Waals surface area contributed by atoms with E-state index < -0.39 is 5.92 Å². The maximum Gasteiger partial charge on any atom is 0.259 e. The highest BCUT2D eigenvalue weighted by Crippen LogP contribution is 2.29. The fourth-order valence-corrected chi connectivity index (χ4v) is 2.78. The molecule has 3 rings (SSSR count). The van der Waals surface area contributed by atoms with E-state index in [2.05, 4.69) is 0 Å². The number of amides is 1. The zero-order valence-electron chi connectivity index (χ0n) is 12.8. The fraction of sp³-hybridized carbons (Fsp3) is 0.105. The fourth-order valence-electron chi connectivity index (χ4n) is 2.78. The lowest BCUT2D eigenvalue weighted by molar-refractivity contribution is 0.0795. The summed E-state index contributed by atoms with van der Waals surface area (Å²) in [6.07, 6.45) is 0. The Balaban J connectivity index is 1.92. The van der Waals surface area contributed by atoms with Crippen LogP contribution in [0.5, 0.6) is 0 Å². The van der Waals surface area contributed by atoms with Crippen LogP contribution in [0.2, 0.25) is 0 Å². The second-order valence-corrected chi connectivity index (χ2v) is 5.48. The van der Waals surface area contributed by atoms with Crippen LogP contribution in [0.25, 0.3) is 0 Å². The van der Waals surface area contributed by atoms with Crippen LogP contribution < -0.4 is 5.73 Å². The number of benzene rings is 2. The van der Waals surface area contributed by atoms with Crippen molar-refractivity contribution in [2.75, 3.05) is 6.54 Å². The summed E-state index contributed by atoms with van der Waals surface area (Å²) in [5, 5.41) is 9.39. The third kappa shape index (κ3) is 2.66. The van der Waals surface area contributed by atoms with E-state index in [-0.39, 0.29) is 29.6 Å². The van der Waals surface area contributed by atoms with E-state index in [0.717, 1.165) is 0 Å². The lowest BCUT2D eigenvalue weighted by Crippen LogP contribution is -2.33. The van der Waals surface area contributed by atoms with E-state index in [0.29, 0.717) is 11.1 Å². The van der Waals surface area contributed by atoms with Crippen LogP contribution in [0.1, 0.15) is 20.7 Å². The quantitative estimate of drug-likeness (QED) is 0.880. The minimum Gasteiger partial charge on any atom is -0.384 e. The van der Waals surface area contributed by atoms with Gasteiger partial charge in [-0.05, 0) is 12.1 Å². The Bertz CT molecular complexity index is 851. The molecule has 2 aromatic rings. The molecule has 1 amide bonds. The minimum atomic E-state index is -0.731. The molecule has 0 aromatic heterocycles. The van der Waals surface area contributed by atoms with Crippen molar-refractivity contribution in [2.24, 2.45) is 11.7 Å². The van der Waals surface area contributed by atoms with Crippen molar-refractivity contribution in [3.8, 4) is 6.07 Å². The Morgan fingerprint density at radius 3 is 2.08 bits per heavy atom. The molecule has 0 aliphatic carbocycles. The van der Waals surface area contributed by atoms with Crippen LogP contribution in [-0.4, -0.2) is 23.1 Å². The molecule has 118 valence electrons. The number of rotatable bonds is 3. The molecule has 1 unspecified atom stereocenters. The van der Waals surface area contributed by atoms with Crippen LogP contribution in [0.15, 0.2) is 72.1 Å². The first-order chi connectivity index (χ1) is 11.6. The third-order valence-corrected chi connectivity index (χ3v) is 4.04. The first-order valence-corrected chi connectivity index (χ1v) is 7.49. The van der Waals surface area contributed by atoms with Gasteiger partial charge in [0.15, 0.2) is 5.78 Å². The molecule has 1 aliphatic rings. The van der Waals surface area contributed by atoms with Crippen LogP contribution in [0.4, 0.5) is 0 Å². The highest BCUT2D eigenvalue weighted by molar-refractivity contribution is 6.02. The van der Waals surface area contributed by atoms with E-state index >= 15 is 0 Å². The molecular formula is C19H15N3O2. The van der Waals surface area contributed by atoms with Gasteiger partial charge in [0.05, 0.1) is 17.6 Å². The number of Topliss-reactive ketones (excluding diaryl/α,β-unsaturated/α-hetero) is 1. The molecule has 2 N–H and O–H groups in total. The molecule has 0 fully saturated rings. The molecule has 0 saturated heterocycles. The van der Waals surface area contributed by atoms with Crippen molar-refractivity contribution in [3.63, 3.8) is 0 Å². The number of hydrogen-bond acceptors (Lipinski definition) is 4. The number of ketones is 1. The molecule has 0 radical (unpaired) electrons. The average molecular weight is 317 g/mol. The van der Waals surface area contributed by atoms with Gasteiger partial charge in [0.25, 0.3) is 5.91 Å². The normalized spacial score (nSPS) is 16.8. The van der Waals surface area contributed by atoms with Gasteiger partial charge in [0.1, 0.15) is 5.82 Å². The predicted molar refractivity (Wildman–Crippen MR) is 88.6 cm³/mol. The summed E-state index contributed by atoms with van der Waals surface area (Å²) in [7, 11) is 0. The molecule has 2 aromatic carbocycles. The van der Waals surface area contributed by atoms with Gasteiger partial charge in [-0.15, -0.1) is 0 Å². The maximum atomic E-state index is 12.7. The molecule has 0 saturated carbocycles. The van der Waals surface area contributed by atoms with Crippen LogP contribution >= 0.6 is 0 Å². The molecule has 1 heterocycles. The van der Waals surface area contributed by atoms with Crippen LogP contribution in [-0.2, 0) is 0 Å². The second kappa shape index (κ2) is 6.39. The molecule has 0 bridgehead atoms. The summed E-state index contributed by atoms with van der Waals surface area (Å²) in [6, 6.07) is 19.4. The summed E-state index contributed by atoms with van der Waals surface area (Å²) in [5.74, 6) is -1.20. The van der Waals surface area contributed by atoms with Gasteiger partial charge in [0, 0.05) is 17.7 Å². The van der Waals surface area contributed by atoms with E-state index in [9.17, 15) is 14.9 Å². The Hall–Kier alpha value is -3.39. The average Bonchev–Trinajstić information content (AvgIpc) is 2.98. The molecule has 24 heavy (non-hydrogen) atoms. The monoisotopic (exact) mass is 317 g/mol. The minimum absolute atomic E-state index is 0.0561. The number of carbonyl (C=O) groups excluding carboxylic acids is 2. The van der Waals surface area contributed by atoms with Crippen molar-refractivity contribution < 1.29 is 9.59 Å². The standard InChI is InChI=1S/C19H15N3O2/c20-11-15-16(17(23)13-7-3-1-4-8-13)12-22(18(15)21)19(24)14-9-5-2-6-10-14/h1-10,16H,12,21H2. The zero-order chi connectivity index (χ0) is 17.1. The maximum absolute atomic E-state index is 12.7. The zero-order valence-corrected chi connectivity index (χ0v) is 12.8. The Kier molecular flexibility index (Phi) is 4.13. The van der Waals surface area contributed by atoms with Crippen molar-refractivity contribution in [2.45, 2.75) is 0 Å². The summed E-state index contributed by atoms with van der Waals surface area (Å²) in [6.45, 7) is 0.0795. The Morgan fingerprint density at radius 2 is 1.54 bits per heavy atom. The van der Waals surface area contributed by atoms with E-state index in [1.165, 1.54) is 4.90 Å². The molecular weight excluding hydrogens is 302 g/mol.